The number of hydrogen-bond donors (Lipinski definition) is 2. The van der Waals surface area contributed by atoms with Crippen LogP contribution in [0.4, 0.5) is 10.5 Å². The highest BCUT2D eigenvalue weighted by Gasteiger charge is 2.34. The normalized spacial score (nSPS) is 14.3. The van der Waals surface area contributed by atoms with Crippen LogP contribution in [0.2, 0.25) is 0 Å². The van der Waals surface area contributed by atoms with Crippen molar-refractivity contribution in [3.8, 4) is 0 Å². The molecule has 1 aromatic rings. The first-order chi connectivity index (χ1) is 11.0. The molecule has 126 valence electrons. The lowest BCUT2D eigenvalue weighted by molar-refractivity contribution is -0.00700. The van der Waals surface area contributed by atoms with E-state index in [-0.39, 0.29) is 18.1 Å². The van der Waals surface area contributed by atoms with Gasteiger partial charge in [0.05, 0.1) is 13.1 Å². The number of carbonyl (C=O) groups is 2. The molecule has 2 N–H and O–H groups in total. The van der Waals surface area contributed by atoms with Gasteiger partial charge >= 0.3 is 6.09 Å². The lowest BCUT2D eigenvalue weighted by atomic mass is 10.1. The number of alkyl carbamates (subject to hydrolysis) is 1. The van der Waals surface area contributed by atoms with Gasteiger partial charge in [-0.15, -0.1) is 0 Å². The monoisotopic (exact) mass is 337 g/mol. The smallest absolute Gasteiger partial charge is 0.407 e. The summed E-state index contributed by atoms with van der Waals surface area (Å²) in [5, 5.41) is 2.67. The van der Waals surface area contributed by atoms with Gasteiger partial charge in [0.2, 0.25) is 0 Å². The second-order valence-corrected chi connectivity index (χ2v) is 6.72. The maximum absolute atomic E-state index is 12.3. The van der Waals surface area contributed by atoms with Crippen LogP contribution in [0.5, 0.6) is 0 Å². The van der Waals surface area contributed by atoms with Crippen molar-refractivity contribution in [2.75, 3.05) is 23.6 Å². The average molecular weight is 337 g/mol. The SMILES string of the molecule is CCSNc1ccc(C(=O)N2CC(OC(=O)NC(C)C)C2)cc1. The number of likely N-dealkylation sites (tertiary alicyclic amines) is 1. The number of nitrogens with one attached hydrogen (secondary N) is 2. The number of anilines is 1. The van der Waals surface area contributed by atoms with E-state index in [1.165, 1.54) is 0 Å². The number of nitrogens with zero attached hydrogens (tertiary/aromatic N) is 1. The van der Waals surface area contributed by atoms with Crippen molar-refractivity contribution in [2.24, 2.45) is 0 Å². The third-order valence-electron chi connectivity index (χ3n) is 3.28. The molecule has 0 aliphatic carbocycles. The molecule has 0 atom stereocenters. The summed E-state index contributed by atoms with van der Waals surface area (Å²) in [4.78, 5) is 25.5. The largest absolute Gasteiger partial charge is 0.442 e. The quantitative estimate of drug-likeness (QED) is 0.781. The van der Waals surface area contributed by atoms with E-state index in [0.29, 0.717) is 18.7 Å². The number of benzene rings is 1. The highest BCUT2D eigenvalue weighted by molar-refractivity contribution is 8.00. The molecular weight excluding hydrogens is 314 g/mol. The van der Waals surface area contributed by atoms with Crippen molar-refractivity contribution in [1.29, 1.82) is 0 Å². The van der Waals surface area contributed by atoms with Gasteiger partial charge < -0.3 is 19.7 Å². The summed E-state index contributed by atoms with van der Waals surface area (Å²) in [6.45, 7) is 6.69. The molecule has 0 unspecified atom stereocenters. The van der Waals surface area contributed by atoms with Gasteiger partial charge in [-0.3, -0.25) is 4.79 Å². The van der Waals surface area contributed by atoms with Crippen molar-refractivity contribution in [3.63, 3.8) is 0 Å². The topological polar surface area (TPSA) is 70.7 Å². The third kappa shape index (κ3) is 5.06. The predicted octanol–water partition coefficient (Wildman–Crippen LogP) is 2.73. The number of rotatable bonds is 6. The van der Waals surface area contributed by atoms with Gasteiger partial charge in [-0.1, -0.05) is 18.9 Å². The van der Waals surface area contributed by atoms with Gasteiger partial charge in [0, 0.05) is 23.0 Å². The minimum Gasteiger partial charge on any atom is -0.442 e. The van der Waals surface area contributed by atoms with E-state index >= 15 is 0 Å². The van der Waals surface area contributed by atoms with Crippen LogP contribution in [-0.4, -0.2) is 47.9 Å². The van der Waals surface area contributed by atoms with Crippen LogP contribution in [0.1, 0.15) is 31.1 Å². The Kier molecular flexibility index (Phi) is 6.15. The van der Waals surface area contributed by atoms with Crippen molar-refractivity contribution in [1.82, 2.24) is 10.2 Å². The van der Waals surface area contributed by atoms with Gasteiger partial charge in [-0.25, -0.2) is 4.79 Å². The van der Waals surface area contributed by atoms with Crippen molar-refractivity contribution >= 4 is 29.6 Å². The molecule has 7 heteroatoms. The van der Waals surface area contributed by atoms with Gasteiger partial charge in [0.15, 0.2) is 0 Å². The maximum atomic E-state index is 12.3. The van der Waals surface area contributed by atoms with Crippen molar-refractivity contribution in [2.45, 2.75) is 32.9 Å². The summed E-state index contributed by atoms with van der Waals surface area (Å²) >= 11 is 1.61. The maximum Gasteiger partial charge on any atom is 0.407 e. The molecule has 0 spiro atoms. The minimum atomic E-state index is -0.430. The van der Waals surface area contributed by atoms with E-state index in [1.807, 2.05) is 26.0 Å². The zero-order valence-corrected chi connectivity index (χ0v) is 14.5. The third-order valence-corrected chi connectivity index (χ3v) is 3.95. The molecular formula is C16H23N3O3S. The molecule has 0 bridgehead atoms. The molecule has 0 saturated carbocycles. The fraction of sp³-hybridized carbons (Fsp3) is 0.500. The Labute approximate surface area is 141 Å². The molecule has 1 aliphatic rings. The zero-order chi connectivity index (χ0) is 16.8. The molecule has 2 amide bonds. The van der Waals surface area contributed by atoms with Crippen molar-refractivity contribution < 1.29 is 14.3 Å². The Morgan fingerprint density at radius 3 is 2.52 bits per heavy atom. The first kappa shape index (κ1) is 17.5. The van der Waals surface area contributed by atoms with E-state index in [4.69, 9.17) is 4.74 Å². The number of amides is 2. The summed E-state index contributed by atoms with van der Waals surface area (Å²) < 4.78 is 8.41. The molecule has 1 aliphatic heterocycles. The van der Waals surface area contributed by atoms with Gasteiger partial charge in [0.1, 0.15) is 6.10 Å². The Hall–Kier alpha value is -1.89. The summed E-state index contributed by atoms with van der Waals surface area (Å²) in [5.41, 5.74) is 1.62. The van der Waals surface area contributed by atoms with Crippen LogP contribution >= 0.6 is 11.9 Å². The Bertz CT molecular complexity index is 542. The zero-order valence-electron chi connectivity index (χ0n) is 13.7. The van der Waals surface area contributed by atoms with Crippen LogP contribution < -0.4 is 10.0 Å². The number of hydrogen-bond acceptors (Lipinski definition) is 5. The first-order valence-corrected chi connectivity index (χ1v) is 8.72. The molecule has 23 heavy (non-hydrogen) atoms. The van der Waals surface area contributed by atoms with Gasteiger partial charge in [-0.05, 0) is 38.1 Å². The van der Waals surface area contributed by atoms with Crippen LogP contribution in [0.25, 0.3) is 0 Å². The molecule has 2 rings (SSSR count). The van der Waals surface area contributed by atoms with Crippen LogP contribution in [-0.2, 0) is 4.74 Å². The van der Waals surface area contributed by atoms with Gasteiger partial charge in [-0.2, -0.15) is 0 Å². The van der Waals surface area contributed by atoms with Crippen LogP contribution in [0.15, 0.2) is 24.3 Å². The molecule has 6 nitrogen and oxygen atoms in total. The first-order valence-electron chi connectivity index (χ1n) is 7.74. The summed E-state index contributed by atoms with van der Waals surface area (Å²) in [6.07, 6.45) is -0.652. The second-order valence-electron chi connectivity index (χ2n) is 5.65. The molecule has 1 heterocycles. The number of carbonyl (C=O) groups excluding carboxylic acids is 2. The second kappa shape index (κ2) is 8.10. The molecule has 0 radical (unpaired) electrons. The standard InChI is InChI=1S/C16H23N3O3S/c1-4-23-18-13-7-5-12(6-8-13)15(20)19-9-14(10-19)22-16(21)17-11(2)3/h5-8,11,14,18H,4,9-10H2,1-3H3,(H,17,21). The summed E-state index contributed by atoms with van der Waals surface area (Å²) in [7, 11) is 0. The highest BCUT2D eigenvalue weighted by Crippen LogP contribution is 2.19. The van der Waals surface area contributed by atoms with E-state index in [0.717, 1.165) is 11.4 Å². The molecule has 0 aromatic heterocycles. The van der Waals surface area contributed by atoms with Crippen LogP contribution in [0, 0.1) is 0 Å². The van der Waals surface area contributed by atoms with E-state index in [9.17, 15) is 9.59 Å². The van der Waals surface area contributed by atoms with Crippen LogP contribution in [0.3, 0.4) is 0 Å². The molecule has 1 saturated heterocycles. The number of ether oxygens (including phenoxy) is 1. The van der Waals surface area contributed by atoms with Crippen molar-refractivity contribution in [3.05, 3.63) is 29.8 Å². The Morgan fingerprint density at radius 1 is 1.30 bits per heavy atom. The molecule has 1 fully saturated rings. The van der Waals surface area contributed by atoms with E-state index in [2.05, 4.69) is 17.0 Å². The lowest BCUT2D eigenvalue weighted by Gasteiger charge is -2.38. The fourth-order valence-corrected chi connectivity index (χ4v) is 2.57. The highest BCUT2D eigenvalue weighted by atomic mass is 32.2. The van der Waals surface area contributed by atoms with E-state index in [1.54, 1.807) is 29.0 Å². The Balaban J connectivity index is 1.78. The summed E-state index contributed by atoms with van der Waals surface area (Å²) in [6, 6.07) is 7.43. The average Bonchev–Trinajstić information content (AvgIpc) is 2.47. The minimum absolute atomic E-state index is 0.0381. The fourth-order valence-electron chi connectivity index (χ4n) is 2.12. The van der Waals surface area contributed by atoms with Gasteiger partial charge in [0.25, 0.3) is 5.91 Å². The molecule has 1 aromatic carbocycles. The lowest BCUT2D eigenvalue weighted by Crippen LogP contribution is -2.56. The Morgan fingerprint density at radius 2 is 1.96 bits per heavy atom. The summed E-state index contributed by atoms with van der Waals surface area (Å²) in [5.74, 6) is 0.934. The predicted molar refractivity (Wildman–Crippen MR) is 92.6 cm³/mol. The van der Waals surface area contributed by atoms with E-state index < -0.39 is 6.09 Å².